The number of carbonyl (C=O) groups excluding carboxylic acids is 1. The van der Waals surface area contributed by atoms with Gasteiger partial charge in [-0.3, -0.25) is 0 Å². The van der Waals surface area contributed by atoms with Gasteiger partial charge in [-0.2, -0.15) is 5.10 Å². The number of amides is 2. The molecule has 5 heterocycles. The fourth-order valence-corrected chi connectivity index (χ4v) is 6.70. The molecule has 2 aromatic heterocycles. The summed E-state index contributed by atoms with van der Waals surface area (Å²) >= 11 is 0. The molecule has 1 aliphatic carbocycles. The lowest BCUT2D eigenvalue weighted by Gasteiger charge is -2.35. The molecule has 0 radical (unpaired) electrons. The fraction of sp³-hybridized carbons (Fsp3) is 0.571. The zero-order valence-electron chi connectivity index (χ0n) is 21.7. The van der Waals surface area contributed by atoms with Gasteiger partial charge in [-0.25, -0.2) is 19.4 Å². The van der Waals surface area contributed by atoms with Crippen molar-refractivity contribution in [3.8, 4) is 11.4 Å². The van der Waals surface area contributed by atoms with E-state index in [2.05, 4.69) is 15.3 Å². The first-order valence-corrected chi connectivity index (χ1v) is 13.9. The molecule has 1 spiro atoms. The number of benzene rings is 1. The summed E-state index contributed by atoms with van der Waals surface area (Å²) in [4.78, 5) is 22.0. The number of nitrogens with one attached hydrogen (secondary N) is 2. The molecule has 3 aliphatic heterocycles. The van der Waals surface area contributed by atoms with Crippen LogP contribution in [0.5, 0.6) is 0 Å². The van der Waals surface area contributed by atoms with Gasteiger partial charge in [0.1, 0.15) is 0 Å². The van der Waals surface area contributed by atoms with Crippen molar-refractivity contribution >= 4 is 22.8 Å². The summed E-state index contributed by atoms with van der Waals surface area (Å²) in [5.41, 5.74) is 3.60. The van der Waals surface area contributed by atoms with Gasteiger partial charge in [-0.1, -0.05) is 0 Å². The van der Waals surface area contributed by atoms with Crippen LogP contribution in [0.2, 0.25) is 0 Å². The Kier molecular flexibility index (Phi) is 6.05. The molecule has 2 unspecified atom stereocenters. The molecule has 10 heteroatoms. The zero-order valence-corrected chi connectivity index (χ0v) is 21.7. The first-order chi connectivity index (χ1) is 18.6. The van der Waals surface area contributed by atoms with Crippen LogP contribution in [0.25, 0.3) is 22.4 Å². The summed E-state index contributed by atoms with van der Waals surface area (Å²) in [6.45, 7) is 1.36. The summed E-state index contributed by atoms with van der Waals surface area (Å²) in [7, 11) is 1.60. The maximum Gasteiger partial charge on any atom is 0.318 e. The number of hydrogen-bond donors (Lipinski definition) is 2. The molecule has 2 bridgehead atoms. The van der Waals surface area contributed by atoms with Gasteiger partial charge in [0, 0.05) is 37.1 Å². The smallest absolute Gasteiger partial charge is 0.318 e. The normalized spacial score (nSPS) is 26.7. The molecule has 10 nitrogen and oxygen atoms in total. The van der Waals surface area contributed by atoms with E-state index in [9.17, 15) is 4.79 Å². The Hall–Kier alpha value is -3.08. The van der Waals surface area contributed by atoms with E-state index in [1.54, 1.807) is 7.05 Å². The van der Waals surface area contributed by atoms with Crippen LogP contribution < -0.4 is 10.6 Å². The maximum atomic E-state index is 11.7. The van der Waals surface area contributed by atoms with E-state index in [0.29, 0.717) is 42.9 Å². The van der Waals surface area contributed by atoms with Crippen molar-refractivity contribution in [2.24, 2.45) is 0 Å². The summed E-state index contributed by atoms with van der Waals surface area (Å²) in [6, 6.07) is 7.68. The van der Waals surface area contributed by atoms with Gasteiger partial charge in [-0.15, -0.1) is 0 Å². The van der Waals surface area contributed by atoms with Crippen LogP contribution in [0.4, 0.5) is 10.5 Å². The van der Waals surface area contributed by atoms with Gasteiger partial charge >= 0.3 is 6.03 Å². The Morgan fingerprint density at radius 2 is 1.71 bits per heavy atom. The molecule has 3 saturated heterocycles. The SMILES string of the molecule is CNC(=O)Nc1ccc(-c2nc(C3CC4CCC(C3)O4)c3cnn(C4CCC5(CC4)OCCO5)c3n2)cc1. The molecular formula is C28H34N6O4. The first kappa shape index (κ1) is 24.0. The van der Waals surface area contributed by atoms with Gasteiger partial charge in [-0.05, 0) is 62.8 Å². The van der Waals surface area contributed by atoms with E-state index in [-0.39, 0.29) is 12.1 Å². The van der Waals surface area contributed by atoms with Crippen LogP contribution in [0, 0.1) is 0 Å². The molecule has 1 aromatic carbocycles. The van der Waals surface area contributed by atoms with E-state index in [0.717, 1.165) is 73.7 Å². The second-order valence-corrected chi connectivity index (χ2v) is 11.0. The average Bonchev–Trinajstić information content (AvgIpc) is 3.68. The number of rotatable bonds is 4. The van der Waals surface area contributed by atoms with Crippen molar-refractivity contribution in [3.63, 3.8) is 0 Å². The number of carbonyl (C=O) groups is 1. The first-order valence-electron chi connectivity index (χ1n) is 13.9. The monoisotopic (exact) mass is 518 g/mol. The fourth-order valence-electron chi connectivity index (χ4n) is 6.70. The van der Waals surface area contributed by atoms with E-state index in [1.807, 2.05) is 30.5 Å². The Balaban J connectivity index is 1.25. The highest BCUT2D eigenvalue weighted by Gasteiger charge is 2.42. The average molecular weight is 519 g/mol. The highest BCUT2D eigenvalue weighted by atomic mass is 16.7. The third-order valence-corrected chi connectivity index (χ3v) is 8.66. The number of fused-ring (bicyclic) bond motifs is 3. The van der Waals surface area contributed by atoms with E-state index in [1.165, 1.54) is 0 Å². The molecule has 4 aliphatic rings. The van der Waals surface area contributed by atoms with Crippen LogP contribution in [0.3, 0.4) is 0 Å². The number of hydrogen-bond acceptors (Lipinski definition) is 7. The lowest BCUT2D eigenvalue weighted by molar-refractivity contribution is -0.181. The molecule has 2 atom stereocenters. The zero-order chi connectivity index (χ0) is 25.7. The van der Waals surface area contributed by atoms with Crippen molar-refractivity contribution in [2.45, 2.75) is 81.3 Å². The highest BCUT2D eigenvalue weighted by molar-refractivity contribution is 5.89. The van der Waals surface area contributed by atoms with Crippen molar-refractivity contribution in [1.82, 2.24) is 25.1 Å². The minimum atomic E-state index is -0.406. The Labute approximate surface area is 221 Å². The van der Waals surface area contributed by atoms with Gasteiger partial charge in [0.25, 0.3) is 0 Å². The van der Waals surface area contributed by atoms with Crippen LogP contribution in [-0.2, 0) is 14.2 Å². The molecular weight excluding hydrogens is 484 g/mol. The van der Waals surface area contributed by atoms with Crippen LogP contribution in [0.1, 0.15) is 69.0 Å². The second kappa shape index (κ2) is 9.59. The van der Waals surface area contributed by atoms with Gasteiger partial charge in [0.05, 0.1) is 48.7 Å². The van der Waals surface area contributed by atoms with Crippen LogP contribution in [-0.4, -0.2) is 64.0 Å². The van der Waals surface area contributed by atoms with Crippen molar-refractivity contribution in [2.75, 3.05) is 25.6 Å². The topological polar surface area (TPSA) is 112 Å². The standard InChI is InChI=1S/C28H34N6O4/c1-29-27(35)31-19-4-2-17(3-5-19)25-32-24(18-14-21-6-7-22(15-18)38-21)23-16-30-34(26(23)33-25)20-8-10-28(11-9-20)36-12-13-37-28/h2-5,16,18,20-22H,6-15H2,1H3,(H2,29,31,35). The molecule has 3 aromatic rings. The van der Waals surface area contributed by atoms with Crippen LogP contribution >= 0.6 is 0 Å². The predicted molar refractivity (Wildman–Crippen MR) is 141 cm³/mol. The Bertz CT molecular complexity index is 1310. The third kappa shape index (κ3) is 4.34. The molecule has 2 N–H and O–H groups in total. The van der Waals surface area contributed by atoms with E-state index in [4.69, 9.17) is 29.3 Å². The molecule has 2 amide bonds. The van der Waals surface area contributed by atoms with Crippen molar-refractivity contribution in [3.05, 3.63) is 36.2 Å². The van der Waals surface area contributed by atoms with Crippen molar-refractivity contribution in [1.29, 1.82) is 0 Å². The van der Waals surface area contributed by atoms with Gasteiger partial charge < -0.3 is 24.8 Å². The largest absolute Gasteiger partial charge is 0.375 e. The minimum Gasteiger partial charge on any atom is -0.375 e. The van der Waals surface area contributed by atoms with E-state index < -0.39 is 5.79 Å². The predicted octanol–water partition coefficient (Wildman–Crippen LogP) is 4.53. The van der Waals surface area contributed by atoms with E-state index >= 15 is 0 Å². The molecule has 4 fully saturated rings. The minimum absolute atomic E-state index is 0.242. The maximum absolute atomic E-state index is 11.7. The highest BCUT2D eigenvalue weighted by Crippen LogP contribution is 2.44. The number of ether oxygens (including phenoxy) is 3. The summed E-state index contributed by atoms with van der Waals surface area (Å²) in [5.74, 6) is 0.609. The summed E-state index contributed by atoms with van der Waals surface area (Å²) in [5, 5.41) is 11.3. The number of aromatic nitrogens is 4. The number of anilines is 1. The summed E-state index contributed by atoms with van der Waals surface area (Å²) < 4.78 is 20.2. The molecule has 200 valence electrons. The number of nitrogens with zero attached hydrogens (tertiary/aromatic N) is 4. The van der Waals surface area contributed by atoms with Gasteiger partial charge in [0.15, 0.2) is 17.3 Å². The molecule has 38 heavy (non-hydrogen) atoms. The number of urea groups is 1. The Morgan fingerprint density at radius 3 is 2.39 bits per heavy atom. The third-order valence-electron chi connectivity index (χ3n) is 8.66. The quantitative estimate of drug-likeness (QED) is 0.522. The molecule has 7 rings (SSSR count). The Morgan fingerprint density at radius 1 is 1.00 bits per heavy atom. The second-order valence-electron chi connectivity index (χ2n) is 11.0. The molecule has 1 saturated carbocycles. The van der Waals surface area contributed by atoms with Crippen LogP contribution in [0.15, 0.2) is 30.5 Å². The van der Waals surface area contributed by atoms with Gasteiger partial charge in [0.2, 0.25) is 0 Å². The summed E-state index contributed by atoms with van der Waals surface area (Å²) in [6.07, 6.45) is 10.5. The van der Waals surface area contributed by atoms with Crippen molar-refractivity contribution < 1.29 is 19.0 Å². The lowest BCUT2D eigenvalue weighted by atomic mass is 9.89. The lowest BCUT2D eigenvalue weighted by Crippen LogP contribution is -2.36.